The Morgan fingerprint density at radius 1 is 0.314 bits per heavy atom. The van der Waals surface area contributed by atoms with E-state index >= 15 is 0 Å². The third kappa shape index (κ3) is 5.36. The molecule has 10 rings (SSSR count). The lowest BCUT2D eigenvalue weighted by atomic mass is 9.94. The van der Waals surface area contributed by atoms with Crippen molar-refractivity contribution in [3.05, 3.63) is 182 Å². The summed E-state index contributed by atoms with van der Waals surface area (Å²) in [5.41, 5.74) is 9.58. The Kier molecular flexibility index (Phi) is 7.04. The minimum Gasteiger partial charge on any atom is -0.228 e. The second kappa shape index (κ2) is 12.2. The fourth-order valence-electron chi connectivity index (χ4n) is 7.28. The molecule has 2 heterocycles. The molecule has 238 valence electrons. The van der Waals surface area contributed by atoms with E-state index in [1.807, 2.05) is 11.3 Å². The summed E-state index contributed by atoms with van der Waals surface area (Å²) in [7, 11) is 0. The maximum absolute atomic E-state index is 5.35. The van der Waals surface area contributed by atoms with Gasteiger partial charge in [0.1, 0.15) is 0 Å². The molecule has 3 heteroatoms. The first-order valence-electron chi connectivity index (χ1n) is 17.2. The van der Waals surface area contributed by atoms with Gasteiger partial charge in [0.15, 0.2) is 5.82 Å². The van der Waals surface area contributed by atoms with Crippen LogP contribution in [0.2, 0.25) is 0 Å². The Balaban J connectivity index is 1.21. The van der Waals surface area contributed by atoms with E-state index in [4.69, 9.17) is 9.97 Å². The molecule has 0 amide bonds. The lowest BCUT2D eigenvalue weighted by Crippen LogP contribution is -1.97. The Labute approximate surface area is 300 Å². The summed E-state index contributed by atoms with van der Waals surface area (Å²) in [5, 5.41) is 7.31. The molecule has 0 aliphatic carbocycles. The number of fused-ring (bicyclic) bond motifs is 5. The van der Waals surface area contributed by atoms with E-state index in [1.54, 1.807) is 0 Å². The number of nitrogens with zero attached hydrogens (tertiary/aromatic N) is 2. The van der Waals surface area contributed by atoms with Crippen LogP contribution in [0.25, 0.3) is 97.9 Å². The molecule has 0 spiro atoms. The number of aromatic nitrogens is 2. The fourth-order valence-corrected chi connectivity index (χ4v) is 8.42. The van der Waals surface area contributed by atoms with Crippen LogP contribution in [0.4, 0.5) is 0 Å². The summed E-state index contributed by atoms with van der Waals surface area (Å²) in [4.78, 5) is 10.6. The van der Waals surface area contributed by atoms with E-state index in [0.717, 1.165) is 44.6 Å². The van der Waals surface area contributed by atoms with Gasteiger partial charge in [-0.15, -0.1) is 11.3 Å². The third-order valence-electron chi connectivity index (χ3n) is 9.85. The first-order valence-corrected chi connectivity index (χ1v) is 18.0. The molecule has 10 aromatic rings. The molecule has 0 saturated heterocycles. The predicted molar refractivity (Wildman–Crippen MR) is 217 cm³/mol. The zero-order valence-electron chi connectivity index (χ0n) is 27.6. The van der Waals surface area contributed by atoms with E-state index in [-0.39, 0.29) is 0 Å². The monoisotopic (exact) mass is 666 g/mol. The first kappa shape index (κ1) is 29.5. The smallest absolute Gasteiger partial charge is 0.161 e. The molecule has 0 atom stereocenters. The molecule has 0 saturated carbocycles. The van der Waals surface area contributed by atoms with Crippen LogP contribution in [0.3, 0.4) is 0 Å². The van der Waals surface area contributed by atoms with Crippen LogP contribution in [0.15, 0.2) is 182 Å². The lowest BCUT2D eigenvalue weighted by molar-refractivity contribution is 1.19. The zero-order valence-corrected chi connectivity index (χ0v) is 28.4. The molecule has 2 aromatic heterocycles. The molecular weight excluding hydrogens is 637 g/mol. The summed E-state index contributed by atoms with van der Waals surface area (Å²) < 4.78 is 2.60. The van der Waals surface area contributed by atoms with Gasteiger partial charge in [-0.1, -0.05) is 140 Å². The highest BCUT2D eigenvalue weighted by Crippen LogP contribution is 2.39. The lowest BCUT2D eigenvalue weighted by Gasteiger charge is -2.14. The highest BCUT2D eigenvalue weighted by atomic mass is 32.1. The average Bonchev–Trinajstić information content (AvgIpc) is 3.58. The largest absolute Gasteiger partial charge is 0.228 e. The number of hydrogen-bond donors (Lipinski definition) is 0. The standard InChI is InChI=1S/C48H30N2S/c1-2-11-31(12-3-1)37-26-38(35-23-24-42-41-18-8-9-20-46(41)51-47(42)29-35)28-39(27-37)45-30-44(36-22-21-32-13-4-5-15-34(32)25-36)49-48(50-45)43-19-10-16-33-14-6-7-17-40(33)43/h1-30H. The second-order valence-corrected chi connectivity index (χ2v) is 14.1. The van der Waals surface area contributed by atoms with Crippen LogP contribution in [-0.2, 0) is 0 Å². The molecule has 0 unspecified atom stereocenters. The van der Waals surface area contributed by atoms with Crippen molar-refractivity contribution in [2.75, 3.05) is 0 Å². The van der Waals surface area contributed by atoms with Crippen LogP contribution in [0.1, 0.15) is 0 Å². The molecule has 0 aliphatic rings. The summed E-state index contributed by atoms with van der Waals surface area (Å²) in [6.45, 7) is 0. The molecule has 8 aromatic carbocycles. The molecule has 0 bridgehead atoms. The topological polar surface area (TPSA) is 25.8 Å². The highest BCUT2D eigenvalue weighted by molar-refractivity contribution is 7.25. The van der Waals surface area contributed by atoms with Crippen molar-refractivity contribution in [2.45, 2.75) is 0 Å². The predicted octanol–water partition coefficient (Wildman–Crippen LogP) is 13.5. The van der Waals surface area contributed by atoms with Gasteiger partial charge in [-0.2, -0.15) is 0 Å². The van der Waals surface area contributed by atoms with Gasteiger partial charge in [-0.05, 0) is 86.3 Å². The molecule has 2 nitrogen and oxygen atoms in total. The van der Waals surface area contributed by atoms with Gasteiger partial charge < -0.3 is 0 Å². The van der Waals surface area contributed by atoms with E-state index in [0.29, 0.717) is 5.82 Å². The van der Waals surface area contributed by atoms with E-state index < -0.39 is 0 Å². The molecule has 0 N–H and O–H groups in total. The number of benzene rings is 8. The minimum atomic E-state index is 0.714. The van der Waals surface area contributed by atoms with Gasteiger partial charge in [0.05, 0.1) is 11.4 Å². The summed E-state index contributed by atoms with van der Waals surface area (Å²) in [6.07, 6.45) is 0. The summed E-state index contributed by atoms with van der Waals surface area (Å²) in [6, 6.07) is 65.2. The van der Waals surface area contributed by atoms with Crippen molar-refractivity contribution in [1.29, 1.82) is 0 Å². The van der Waals surface area contributed by atoms with E-state index in [9.17, 15) is 0 Å². The van der Waals surface area contributed by atoms with Crippen molar-refractivity contribution < 1.29 is 0 Å². The maximum atomic E-state index is 5.35. The molecule has 0 radical (unpaired) electrons. The van der Waals surface area contributed by atoms with Crippen LogP contribution in [0, 0.1) is 0 Å². The molecule has 0 fully saturated rings. The average molecular weight is 667 g/mol. The van der Waals surface area contributed by atoms with Crippen molar-refractivity contribution in [1.82, 2.24) is 9.97 Å². The van der Waals surface area contributed by atoms with Crippen LogP contribution in [0.5, 0.6) is 0 Å². The summed E-state index contributed by atoms with van der Waals surface area (Å²) in [5.74, 6) is 0.714. The summed E-state index contributed by atoms with van der Waals surface area (Å²) >= 11 is 1.85. The molecule has 0 aliphatic heterocycles. The third-order valence-corrected chi connectivity index (χ3v) is 11.0. The minimum absolute atomic E-state index is 0.714. The molecular formula is C48H30N2S. The number of thiophene rings is 1. The number of hydrogen-bond acceptors (Lipinski definition) is 3. The maximum Gasteiger partial charge on any atom is 0.161 e. The Morgan fingerprint density at radius 2 is 0.941 bits per heavy atom. The highest BCUT2D eigenvalue weighted by Gasteiger charge is 2.16. The Morgan fingerprint density at radius 3 is 1.80 bits per heavy atom. The van der Waals surface area contributed by atoms with Gasteiger partial charge in [0.25, 0.3) is 0 Å². The number of rotatable bonds is 5. The van der Waals surface area contributed by atoms with Crippen molar-refractivity contribution in [3.8, 4) is 56.2 Å². The van der Waals surface area contributed by atoms with Gasteiger partial charge in [0, 0.05) is 36.9 Å². The van der Waals surface area contributed by atoms with E-state index in [1.165, 1.54) is 47.5 Å². The zero-order chi connectivity index (χ0) is 33.7. The SMILES string of the molecule is c1ccc(-c2cc(-c3ccc4c(c3)sc3ccccc34)cc(-c3cc(-c4ccc5ccccc5c4)nc(-c4cccc5ccccc45)n3)c2)cc1. The van der Waals surface area contributed by atoms with Crippen LogP contribution < -0.4 is 0 Å². The quantitative estimate of drug-likeness (QED) is 0.183. The first-order chi connectivity index (χ1) is 25.2. The second-order valence-electron chi connectivity index (χ2n) is 13.0. The van der Waals surface area contributed by atoms with Crippen LogP contribution >= 0.6 is 11.3 Å². The Hall–Kier alpha value is -6.42. The van der Waals surface area contributed by atoms with Gasteiger partial charge in [-0.3, -0.25) is 0 Å². The normalized spacial score (nSPS) is 11.5. The molecule has 51 heavy (non-hydrogen) atoms. The van der Waals surface area contributed by atoms with Gasteiger partial charge >= 0.3 is 0 Å². The van der Waals surface area contributed by atoms with Gasteiger partial charge in [0.2, 0.25) is 0 Å². The van der Waals surface area contributed by atoms with Crippen LogP contribution in [-0.4, -0.2) is 9.97 Å². The van der Waals surface area contributed by atoms with E-state index in [2.05, 4.69) is 182 Å². The van der Waals surface area contributed by atoms with Gasteiger partial charge in [-0.25, -0.2) is 9.97 Å². The fraction of sp³-hybridized carbons (Fsp3) is 0. The van der Waals surface area contributed by atoms with Crippen molar-refractivity contribution in [3.63, 3.8) is 0 Å². The van der Waals surface area contributed by atoms with Crippen molar-refractivity contribution in [2.24, 2.45) is 0 Å². The van der Waals surface area contributed by atoms with Crippen molar-refractivity contribution >= 4 is 53.1 Å². The Bertz CT molecular complexity index is 2920.